The first-order chi connectivity index (χ1) is 10.2. The van der Waals surface area contributed by atoms with Gasteiger partial charge in [0.1, 0.15) is 5.82 Å². The smallest absolute Gasteiger partial charge is 0.125 e. The van der Waals surface area contributed by atoms with Crippen molar-refractivity contribution in [3.63, 3.8) is 0 Å². The van der Waals surface area contributed by atoms with Gasteiger partial charge < -0.3 is 4.57 Å². The summed E-state index contributed by atoms with van der Waals surface area (Å²) in [4.78, 5) is 4.63. The Morgan fingerprint density at radius 2 is 1.90 bits per heavy atom. The van der Waals surface area contributed by atoms with E-state index in [1.807, 2.05) is 24.3 Å². The van der Waals surface area contributed by atoms with Crippen LogP contribution in [-0.4, -0.2) is 9.55 Å². The highest BCUT2D eigenvalue weighted by Gasteiger charge is 2.19. The number of alkyl halides is 1. The molecule has 3 aromatic rings. The fraction of sp³-hybridized carbons (Fsp3) is 0.235. The molecule has 0 saturated heterocycles. The highest BCUT2D eigenvalue weighted by atomic mass is 35.5. The lowest BCUT2D eigenvalue weighted by molar-refractivity contribution is 0.565. The standard InChI is InChI=1S/C17H16Cl2N2/c1-2-15(12-6-4-3-5-7-12)21-16-9-8-13(19)10-14(16)20-17(21)11-18/h3-10,15H,2,11H2,1H3. The molecule has 1 heterocycles. The maximum atomic E-state index is 6.12. The van der Waals surface area contributed by atoms with Crippen LogP contribution in [0.15, 0.2) is 48.5 Å². The van der Waals surface area contributed by atoms with Gasteiger partial charge in [-0.3, -0.25) is 0 Å². The molecule has 0 radical (unpaired) electrons. The number of nitrogens with zero attached hydrogens (tertiary/aromatic N) is 2. The number of hydrogen-bond acceptors (Lipinski definition) is 1. The van der Waals surface area contributed by atoms with Gasteiger partial charge in [-0.05, 0) is 30.2 Å². The van der Waals surface area contributed by atoms with Crippen LogP contribution in [0, 0.1) is 0 Å². The predicted octanol–water partition coefficient (Wildman–Crippen LogP) is 5.43. The molecule has 0 fully saturated rings. The van der Waals surface area contributed by atoms with Gasteiger partial charge in [-0.15, -0.1) is 11.6 Å². The fourth-order valence-corrected chi connectivity index (χ4v) is 3.16. The van der Waals surface area contributed by atoms with Crippen LogP contribution in [0.25, 0.3) is 11.0 Å². The molecule has 0 amide bonds. The summed E-state index contributed by atoms with van der Waals surface area (Å²) in [7, 11) is 0. The van der Waals surface area contributed by atoms with E-state index in [2.05, 4.69) is 40.7 Å². The maximum Gasteiger partial charge on any atom is 0.125 e. The van der Waals surface area contributed by atoms with Crippen molar-refractivity contribution < 1.29 is 0 Å². The van der Waals surface area contributed by atoms with E-state index in [9.17, 15) is 0 Å². The Balaban J connectivity index is 2.22. The third-order valence-electron chi connectivity index (χ3n) is 3.73. The van der Waals surface area contributed by atoms with Crippen LogP contribution >= 0.6 is 23.2 Å². The first-order valence-electron chi connectivity index (χ1n) is 7.02. The molecule has 21 heavy (non-hydrogen) atoms. The predicted molar refractivity (Wildman–Crippen MR) is 89.2 cm³/mol. The third kappa shape index (κ3) is 2.66. The minimum Gasteiger partial charge on any atom is -0.319 e. The van der Waals surface area contributed by atoms with Gasteiger partial charge in [0.15, 0.2) is 0 Å². The van der Waals surface area contributed by atoms with Crippen LogP contribution in [0.2, 0.25) is 5.02 Å². The molecule has 0 saturated carbocycles. The topological polar surface area (TPSA) is 17.8 Å². The van der Waals surface area contributed by atoms with Gasteiger partial charge in [-0.2, -0.15) is 0 Å². The van der Waals surface area contributed by atoms with Crippen LogP contribution in [0.3, 0.4) is 0 Å². The first kappa shape index (κ1) is 14.4. The van der Waals surface area contributed by atoms with E-state index in [4.69, 9.17) is 23.2 Å². The molecule has 1 unspecified atom stereocenters. The summed E-state index contributed by atoms with van der Waals surface area (Å²) in [6.45, 7) is 2.18. The Bertz CT molecular complexity index is 750. The zero-order chi connectivity index (χ0) is 14.8. The van der Waals surface area contributed by atoms with E-state index < -0.39 is 0 Å². The summed E-state index contributed by atoms with van der Waals surface area (Å²) in [5.41, 5.74) is 3.24. The summed E-state index contributed by atoms with van der Waals surface area (Å²) in [5, 5.41) is 0.695. The monoisotopic (exact) mass is 318 g/mol. The lowest BCUT2D eigenvalue weighted by Gasteiger charge is -2.20. The summed E-state index contributed by atoms with van der Waals surface area (Å²) in [6, 6.07) is 16.5. The molecule has 2 nitrogen and oxygen atoms in total. The molecule has 0 N–H and O–H groups in total. The molecule has 2 aromatic carbocycles. The summed E-state index contributed by atoms with van der Waals surface area (Å²) in [6.07, 6.45) is 0.974. The Kier molecular flexibility index (Phi) is 4.18. The van der Waals surface area contributed by atoms with Crippen molar-refractivity contribution in [2.75, 3.05) is 0 Å². The van der Waals surface area contributed by atoms with E-state index >= 15 is 0 Å². The second-order valence-corrected chi connectivity index (χ2v) is 5.70. The number of halogens is 2. The molecule has 0 spiro atoms. The largest absolute Gasteiger partial charge is 0.319 e. The minimum absolute atomic E-state index is 0.228. The van der Waals surface area contributed by atoms with Crippen molar-refractivity contribution in [1.29, 1.82) is 0 Å². The molecule has 1 aromatic heterocycles. The van der Waals surface area contributed by atoms with Crippen molar-refractivity contribution >= 4 is 34.2 Å². The molecule has 1 atom stereocenters. The van der Waals surface area contributed by atoms with Crippen molar-refractivity contribution in [1.82, 2.24) is 9.55 Å². The van der Waals surface area contributed by atoms with Crippen LogP contribution in [-0.2, 0) is 5.88 Å². The number of aromatic nitrogens is 2. The van der Waals surface area contributed by atoms with Gasteiger partial charge in [0.25, 0.3) is 0 Å². The molecular formula is C17H16Cl2N2. The highest BCUT2D eigenvalue weighted by molar-refractivity contribution is 6.31. The molecule has 3 rings (SSSR count). The first-order valence-corrected chi connectivity index (χ1v) is 7.93. The molecule has 4 heteroatoms. The van der Waals surface area contributed by atoms with E-state index in [1.54, 1.807) is 0 Å². The van der Waals surface area contributed by atoms with Gasteiger partial charge in [-0.25, -0.2) is 4.98 Å². The van der Waals surface area contributed by atoms with Crippen LogP contribution in [0.4, 0.5) is 0 Å². The maximum absolute atomic E-state index is 6.12. The second-order valence-electron chi connectivity index (χ2n) is 5.00. The van der Waals surface area contributed by atoms with Crippen molar-refractivity contribution in [3.8, 4) is 0 Å². The van der Waals surface area contributed by atoms with Crippen molar-refractivity contribution in [3.05, 3.63) is 64.9 Å². The van der Waals surface area contributed by atoms with Gasteiger partial charge in [0.2, 0.25) is 0 Å². The number of hydrogen-bond donors (Lipinski definition) is 0. The van der Waals surface area contributed by atoms with Gasteiger partial charge in [0, 0.05) is 5.02 Å². The number of imidazole rings is 1. The van der Waals surface area contributed by atoms with Crippen LogP contribution in [0.1, 0.15) is 30.8 Å². The lowest BCUT2D eigenvalue weighted by Crippen LogP contribution is -2.12. The quantitative estimate of drug-likeness (QED) is 0.586. The fourth-order valence-electron chi connectivity index (χ4n) is 2.81. The number of benzene rings is 2. The van der Waals surface area contributed by atoms with Crippen LogP contribution in [0.5, 0.6) is 0 Å². The lowest BCUT2D eigenvalue weighted by atomic mass is 10.0. The van der Waals surface area contributed by atoms with Crippen molar-refractivity contribution in [2.24, 2.45) is 0 Å². The Hall–Kier alpha value is -1.51. The van der Waals surface area contributed by atoms with E-state index in [0.717, 1.165) is 23.3 Å². The van der Waals surface area contributed by atoms with Crippen molar-refractivity contribution in [2.45, 2.75) is 25.3 Å². The third-order valence-corrected chi connectivity index (χ3v) is 4.20. The molecule has 0 aliphatic rings. The summed E-state index contributed by atoms with van der Waals surface area (Å²) < 4.78 is 2.23. The average Bonchev–Trinajstić information content (AvgIpc) is 2.87. The Morgan fingerprint density at radius 3 is 2.57 bits per heavy atom. The van der Waals surface area contributed by atoms with E-state index in [0.29, 0.717) is 10.9 Å². The summed E-state index contributed by atoms with van der Waals surface area (Å²) >= 11 is 12.2. The van der Waals surface area contributed by atoms with Gasteiger partial charge in [-0.1, -0.05) is 48.9 Å². The molecule has 0 aliphatic heterocycles. The molecule has 0 aliphatic carbocycles. The SMILES string of the molecule is CCC(c1ccccc1)n1c(CCl)nc2cc(Cl)ccc21. The molecular weight excluding hydrogens is 303 g/mol. The highest BCUT2D eigenvalue weighted by Crippen LogP contribution is 2.30. The number of fused-ring (bicyclic) bond motifs is 1. The Morgan fingerprint density at radius 1 is 1.14 bits per heavy atom. The molecule has 0 bridgehead atoms. The van der Waals surface area contributed by atoms with Crippen LogP contribution < -0.4 is 0 Å². The minimum atomic E-state index is 0.228. The Labute approximate surface area is 134 Å². The van der Waals surface area contributed by atoms with E-state index in [-0.39, 0.29) is 6.04 Å². The second kappa shape index (κ2) is 6.08. The summed E-state index contributed by atoms with van der Waals surface area (Å²) in [5.74, 6) is 1.26. The average molecular weight is 319 g/mol. The van der Waals surface area contributed by atoms with E-state index in [1.165, 1.54) is 5.56 Å². The molecule has 108 valence electrons. The van der Waals surface area contributed by atoms with Gasteiger partial charge >= 0.3 is 0 Å². The zero-order valence-corrected chi connectivity index (χ0v) is 13.3. The normalized spacial score (nSPS) is 12.7. The zero-order valence-electron chi connectivity index (χ0n) is 11.8. The number of rotatable bonds is 4. The van der Waals surface area contributed by atoms with Gasteiger partial charge in [0.05, 0.1) is 23.0 Å².